The third-order valence-electron chi connectivity index (χ3n) is 3.24. The number of hydrogen-bond donors (Lipinski definition) is 2. The van der Waals surface area contributed by atoms with Crippen LogP contribution >= 0.6 is 0 Å². The number of nitrogens with zero attached hydrogens (tertiary/aromatic N) is 2. The van der Waals surface area contributed by atoms with Crippen LogP contribution in [-0.2, 0) is 11.3 Å². The van der Waals surface area contributed by atoms with Crippen LogP contribution in [-0.4, -0.2) is 49.6 Å². The van der Waals surface area contributed by atoms with Crippen molar-refractivity contribution in [1.29, 1.82) is 0 Å². The molecule has 25 heavy (non-hydrogen) atoms. The average Bonchev–Trinajstić information content (AvgIpc) is 2.51. The zero-order valence-corrected chi connectivity index (χ0v) is 14.4. The lowest BCUT2D eigenvalue weighted by molar-refractivity contribution is -0.157. The Morgan fingerprint density at radius 2 is 1.96 bits per heavy atom. The van der Waals surface area contributed by atoms with Crippen molar-refractivity contribution in [2.24, 2.45) is 4.99 Å². The Morgan fingerprint density at radius 1 is 1.28 bits per heavy atom. The van der Waals surface area contributed by atoms with E-state index in [0.717, 1.165) is 12.6 Å². The first kappa shape index (κ1) is 20.7. The fourth-order valence-corrected chi connectivity index (χ4v) is 1.97. The molecular formula is C16H22F4N4O. The van der Waals surface area contributed by atoms with Gasteiger partial charge in [-0.05, 0) is 31.0 Å². The monoisotopic (exact) mass is 362 g/mol. The Kier molecular flexibility index (Phi) is 7.66. The maximum atomic E-state index is 13.2. The van der Waals surface area contributed by atoms with Crippen LogP contribution in [0.3, 0.4) is 0 Å². The van der Waals surface area contributed by atoms with Crippen LogP contribution in [0.2, 0.25) is 0 Å². The van der Waals surface area contributed by atoms with Gasteiger partial charge in [0, 0.05) is 13.6 Å². The zero-order chi connectivity index (χ0) is 19.0. The topological polar surface area (TPSA) is 56.7 Å². The fraction of sp³-hybridized carbons (Fsp3) is 0.500. The van der Waals surface area contributed by atoms with Crippen molar-refractivity contribution < 1.29 is 22.4 Å². The lowest BCUT2D eigenvalue weighted by atomic mass is 10.1. The lowest BCUT2D eigenvalue weighted by Crippen LogP contribution is -2.45. The summed E-state index contributed by atoms with van der Waals surface area (Å²) in [6.45, 7) is 2.58. The number of carbonyl (C=O) groups excluding carboxylic acids is 1. The number of likely N-dealkylation sites (N-methyl/N-ethyl adjacent to an activating group) is 1. The molecule has 2 N–H and O–H groups in total. The van der Waals surface area contributed by atoms with Crippen molar-refractivity contribution in [3.63, 3.8) is 0 Å². The summed E-state index contributed by atoms with van der Waals surface area (Å²) >= 11 is 0. The van der Waals surface area contributed by atoms with Gasteiger partial charge in [0.25, 0.3) is 0 Å². The highest BCUT2D eigenvalue weighted by Crippen LogP contribution is 2.15. The number of alkyl halides is 3. The smallest absolute Gasteiger partial charge is 0.357 e. The number of aliphatic imine (C=N–C) groups is 1. The van der Waals surface area contributed by atoms with E-state index in [9.17, 15) is 22.4 Å². The SMILES string of the molecule is CCNC(=NCc1ccc(F)c(C)c1)NCC(=O)N(C)CC(F)(F)F. The molecule has 0 saturated carbocycles. The van der Waals surface area contributed by atoms with Gasteiger partial charge in [0.05, 0.1) is 13.1 Å². The van der Waals surface area contributed by atoms with Crippen LogP contribution in [0, 0.1) is 12.7 Å². The molecule has 1 aromatic rings. The second-order valence-electron chi connectivity index (χ2n) is 5.50. The van der Waals surface area contributed by atoms with E-state index in [1.165, 1.54) is 6.07 Å². The van der Waals surface area contributed by atoms with Gasteiger partial charge in [-0.1, -0.05) is 12.1 Å². The minimum Gasteiger partial charge on any atom is -0.357 e. The highest BCUT2D eigenvalue weighted by atomic mass is 19.4. The van der Waals surface area contributed by atoms with Gasteiger partial charge in [0.1, 0.15) is 12.4 Å². The van der Waals surface area contributed by atoms with Gasteiger partial charge < -0.3 is 15.5 Å². The number of aryl methyl sites for hydroxylation is 1. The first-order valence-electron chi connectivity index (χ1n) is 7.70. The molecule has 1 rings (SSSR count). The van der Waals surface area contributed by atoms with Crippen LogP contribution < -0.4 is 10.6 Å². The Balaban J connectivity index is 2.63. The van der Waals surface area contributed by atoms with E-state index in [1.807, 2.05) is 6.92 Å². The van der Waals surface area contributed by atoms with Gasteiger partial charge in [-0.25, -0.2) is 9.38 Å². The van der Waals surface area contributed by atoms with Crippen molar-refractivity contribution in [3.05, 3.63) is 35.1 Å². The third-order valence-corrected chi connectivity index (χ3v) is 3.24. The van der Waals surface area contributed by atoms with Crippen molar-refractivity contribution in [1.82, 2.24) is 15.5 Å². The maximum absolute atomic E-state index is 13.2. The molecular weight excluding hydrogens is 340 g/mol. The normalized spacial score (nSPS) is 12.0. The molecule has 0 aromatic heterocycles. The molecule has 0 heterocycles. The molecule has 140 valence electrons. The summed E-state index contributed by atoms with van der Waals surface area (Å²) < 4.78 is 50.1. The van der Waals surface area contributed by atoms with Gasteiger partial charge >= 0.3 is 6.18 Å². The summed E-state index contributed by atoms with van der Waals surface area (Å²) in [5.41, 5.74) is 1.27. The lowest BCUT2D eigenvalue weighted by Gasteiger charge is -2.20. The Hall–Kier alpha value is -2.32. The molecule has 0 saturated heterocycles. The van der Waals surface area contributed by atoms with Crippen molar-refractivity contribution in [3.8, 4) is 0 Å². The predicted octanol–water partition coefficient (Wildman–Crippen LogP) is 2.21. The number of hydrogen-bond acceptors (Lipinski definition) is 2. The maximum Gasteiger partial charge on any atom is 0.406 e. The zero-order valence-electron chi connectivity index (χ0n) is 14.4. The van der Waals surface area contributed by atoms with Crippen LogP contribution in [0.1, 0.15) is 18.1 Å². The summed E-state index contributed by atoms with van der Waals surface area (Å²) in [5, 5.41) is 5.58. The predicted molar refractivity (Wildman–Crippen MR) is 87.6 cm³/mol. The molecule has 0 atom stereocenters. The van der Waals surface area contributed by atoms with E-state index in [1.54, 1.807) is 19.1 Å². The largest absolute Gasteiger partial charge is 0.406 e. The second kappa shape index (κ2) is 9.24. The Morgan fingerprint density at radius 3 is 2.52 bits per heavy atom. The summed E-state index contributed by atoms with van der Waals surface area (Å²) in [6, 6.07) is 4.60. The van der Waals surface area contributed by atoms with Crippen molar-refractivity contribution >= 4 is 11.9 Å². The Bertz CT molecular complexity index is 617. The van der Waals surface area contributed by atoms with Gasteiger partial charge in [-0.2, -0.15) is 13.2 Å². The van der Waals surface area contributed by atoms with Crippen LogP contribution in [0.4, 0.5) is 17.6 Å². The summed E-state index contributed by atoms with van der Waals surface area (Å²) in [5.74, 6) is -0.727. The number of guanidine groups is 1. The molecule has 0 radical (unpaired) electrons. The number of benzene rings is 1. The highest BCUT2D eigenvalue weighted by Gasteiger charge is 2.31. The van der Waals surface area contributed by atoms with Gasteiger partial charge in [0.2, 0.25) is 5.91 Å². The first-order valence-corrected chi connectivity index (χ1v) is 7.70. The van der Waals surface area contributed by atoms with Gasteiger partial charge in [-0.3, -0.25) is 4.79 Å². The number of halogens is 4. The molecule has 9 heteroatoms. The molecule has 5 nitrogen and oxygen atoms in total. The van der Waals surface area contributed by atoms with E-state index >= 15 is 0 Å². The summed E-state index contributed by atoms with van der Waals surface area (Å²) in [7, 11) is 1.09. The van der Waals surface area contributed by atoms with Gasteiger partial charge in [-0.15, -0.1) is 0 Å². The Labute approximate surface area is 144 Å². The van der Waals surface area contributed by atoms with Gasteiger partial charge in [0.15, 0.2) is 5.96 Å². The minimum absolute atomic E-state index is 0.239. The van der Waals surface area contributed by atoms with E-state index < -0.39 is 18.6 Å². The number of carbonyl (C=O) groups is 1. The van der Waals surface area contributed by atoms with Crippen LogP contribution in [0.5, 0.6) is 0 Å². The standard InChI is InChI=1S/C16H22F4N4O/c1-4-21-15(22-8-12-5-6-13(17)11(2)7-12)23-9-14(25)24(3)10-16(18,19)20/h5-7H,4,8-10H2,1-3H3,(H2,21,22,23). The fourth-order valence-electron chi connectivity index (χ4n) is 1.97. The van der Waals surface area contributed by atoms with Crippen LogP contribution in [0.25, 0.3) is 0 Å². The molecule has 1 amide bonds. The molecule has 0 aliphatic carbocycles. The molecule has 0 fully saturated rings. The molecule has 0 aliphatic heterocycles. The molecule has 0 aliphatic rings. The molecule has 0 bridgehead atoms. The number of nitrogens with one attached hydrogen (secondary N) is 2. The summed E-state index contributed by atoms with van der Waals surface area (Å²) in [4.78, 5) is 16.6. The highest BCUT2D eigenvalue weighted by molar-refractivity contribution is 5.86. The van der Waals surface area contributed by atoms with E-state index in [-0.39, 0.29) is 18.9 Å². The quantitative estimate of drug-likeness (QED) is 0.464. The van der Waals surface area contributed by atoms with Crippen LogP contribution in [0.15, 0.2) is 23.2 Å². The second-order valence-corrected chi connectivity index (χ2v) is 5.50. The van der Waals surface area contributed by atoms with Crippen molar-refractivity contribution in [2.75, 3.05) is 26.7 Å². The average molecular weight is 362 g/mol. The minimum atomic E-state index is -4.44. The summed E-state index contributed by atoms with van der Waals surface area (Å²) in [6.07, 6.45) is -4.44. The van der Waals surface area contributed by atoms with E-state index in [0.29, 0.717) is 23.0 Å². The van der Waals surface area contributed by atoms with E-state index in [2.05, 4.69) is 15.6 Å². The third kappa shape index (κ3) is 7.86. The number of rotatable bonds is 6. The molecule has 0 unspecified atom stereocenters. The first-order chi connectivity index (χ1) is 11.6. The molecule has 0 spiro atoms. The van der Waals surface area contributed by atoms with E-state index in [4.69, 9.17) is 0 Å². The van der Waals surface area contributed by atoms with Crippen molar-refractivity contribution in [2.45, 2.75) is 26.6 Å². The molecule has 1 aromatic carbocycles. The number of amides is 1.